The van der Waals surface area contributed by atoms with Gasteiger partial charge in [-0.15, -0.1) is 0 Å². The molecule has 0 bridgehead atoms. The fourth-order valence-electron chi connectivity index (χ4n) is 1.76. The Bertz CT molecular complexity index is 755. The summed E-state index contributed by atoms with van der Waals surface area (Å²) in [5.74, 6) is -0.963. The van der Waals surface area contributed by atoms with Gasteiger partial charge in [0, 0.05) is 6.20 Å². The molecule has 7 heteroatoms. The number of aryl methyl sites for hydroxylation is 1. The van der Waals surface area contributed by atoms with Gasteiger partial charge in [0.15, 0.2) is 0 Å². The van der Waals surface area contributed by atoms with E-state index in [0.717, 1.165) is 0 Å². The van der Waals surface area contributed by atoms with Crippen LogP contribution in [0.25, 0.3) is 0 Å². The number of hydrogen-bond donors (Lipinski definition) is 2. The van der Waals surface area contributed by atoms with E-state index in [2.05, 4.69) is 9.71 Å². The van der Waals surface area contributed by atoms with E-state index >= 15 is 0 Å². The summed E-state index contributed by atoms with van der Waals surface area (Å²) in [5.41, 5.74) is 1.52. The lowest BCUT2D eigenvalue weighted by Gasteiger charge is -2.10. The van der Waals surface area contributed by atoms with Gasteiger partial charge in [-0.25, -0.2) is 8.42 Å². The van der Waals surface area contributed by atoms with Crippen molar-refractivity contribution in [2.24, 2.45) is 0 Å². The van der Waals surface area contributed by atoms with Crippen molar-refractivity contribution in [3.63, 3.8) is 0 Å². The molecule has 0 aliphatic heterocycles. The van der Waals surface area contributed by atoms with Gasteiger partial charge in [-0.2, -0.15) is 0 Å². The Balaban J connectivity index is 2.24. The minimum absolute atomic E-state index is 0.0693. The number of nitrogens with one attached hydrogen (secondary N) is 1. The van der Waals surface area contributed by atoms with Gasteiger partial charge in [-0.1, -0.05) is 12.1 Å². The summed E-state index contributed by atoms with van der Waals surface area (Å²) in [6, 6.07) is 9.00. The SMILES string of the molecule is Cc1ncccc1NS(=O)(=O)c1ccc(CC(=O)O)cc1. The zero-order chi connectivity index (χ0) is 15.5. The molecule has 110 valence electrons. The monoisotopic (exact) mass is 306 g/mol. The number of benzene rings is 1. The number of pyridine rings is 1. The molecule has 0 amide bonds. The number of aliphatic carboxylic acids is 1. The van der Waals surface area contributed by atoms with Crippen LogP contribution in [0.1, 0.15) is 11.3 Å². The van der Waals surface area contributed by atoms with Gasteiger partial charge in [0.2, 0.25) is 0 Å². The molecule has 2 N–H and O–H groups in total. The molecule has 21 heavy (non-hydrogen) atoms. The van der Waals surface area contributed by atoms with Crippen LogP contribution in [0, 0.1) is 6.92 Å². The van der Waals surface area contributed by atoms with Crippen molar-refractivity contribution in [2.45, 2.75) is 18.2 Å². The van der Waals surface area contributed by atoms with Crippen LogP contribution < -0.4 is 4.72 Å². The number of sulfonamides is 1. The first-order valence-corrected chi connectivity index (χ1v) is 7.62. The first-order valence-electron chi connectivity index (χ1n) is 6.13. The lowest BCUT2D eigenvalue weighted by molar-refractivity contribution is -0.136. The van der Waals surface area contributed by atoms with Gasteiger partial charge < -0.3 is 5.11 Å². The minimum atomic E-state index is -3.72. The van der Waals surface area contributed by atoms with E-state index in [1.165, 1.54) is 24.3 Å². The van der Waals surface area contributed by atoms with E-state index in [-0.39, 0.29) is 11.3 Å². The van der Waals surface area contributed by atoms with Crippen molar-refractivity contribution >= 4 is 21.7 Å². The van der Waals surface area contributed by atoms with Gasteiger partial charge in [0.05, 0.1) is 22.7 Å². The Hall–Kier alpha value is -2.41. The Morgan fingerprint density at radius 2 is 1.90 bits per heavy atom. The van der Waals surface area contributed by atoms with Gasteiger partial charge in [0.1, 0.15) is 0 Å². The summed E-state index contributed by atoms with van der Waals surface area (Å²) in [5, 5.41) is 8.68. The summed E-state index contributed by atoms with van der Waals surface area (Å²) in [6.45, 7) is 1.70. The highest BCUT2D eigenvalue weighted by molar-refractivity contribution is 7.92. The number of carboxylic acid groups (broad SMARTS) is 1. The molecular weight excluding hydrogens is 292 g/mol. The molecule has 0 fully saturated rings. The predicted molar refractivity (Wildman–Crippen MR) is 77.6 cm³/mol. The fraction of sp³-hybridized carbons (Fsp3) is 0.143. The third-order valence-electron chi connectivity index (χ3n) is 2.84. The van der Waals surface area contributed by atoms with Gasteiger partial charge in [0.25, 0.3) is 10.0 Å². The Morgan fingerprint density at radius 3 is 2.48 bits per heavy atom. The first kappa shape index (κ1) is 15.0. The largest absolute Gasteiger partial charge is 0.481 e. The lowest BCUT2D eigenvalue weighted by atomic mass is 10.2. The molecule has 0 atom stereocenters. The summed E-state index contributed by atoms with van der Waals surface area (Å²) in [7, 11) is -3.72. The number of carboxylic acids is 1. The van der Waals surface area contributed by atoms with Crippen LogP contribution in [0.5, 0.6) is 0 Å². The highest BCUT2D eigenvalue weighted by Crippen LogP contribution is 2.18. The Morgan fingerprint density at radius 1 is 1.24 bits per heavy atom. The maximum Gasteiger partial charge on any atom is 0.307 e. The normalized spacial score (nSPS) is 11.1. The molecule has 0 aliphatic carbocycles. The number of aromatic nitrogens is 1. The van der Waals surface area contributed by atoms with Crippen LogP contribution in [0.3, 0.4) is 0 Å². The average Bonchev–Trinajstić information content (AvgIpc) is 2.41. The number of hydrogen-bond acceptors (Lipinski definition) is 4. The molecular formula is C14H14N2O4S. The summed E-state index contributed by atoms with van der Waals surface area (Å²) < 4.78 is 26.9. The molecule has 0 saturated carbocycles. The second-order valence-corrected chi connectivity index (χ2v) is 6.14. The second-order valence-electron chi connectivity index (χ2n) is 4.46. The van der Waals surface area contributed by atoms with Crippen molar-refractivity contribution in [1.29, 1.82) is 0 Å². The van der Waals surface area contributed by atoms with Crippen molar-refractivity contribution in [1.82, 2.24) is 4.98 Å². The number of rotatable bonds is 5. The average molecular weight is 306 g/mol. The van der Waals surface area contributed by atoms with E-state index in [0.29, 0.717) is 16.9 Å². The Kier molecular flexibility index (Phi) is 4.23. The quantitative estimate of drug-likeness (QED) is 0.878. The van der Waals surface area contributed by atoms with Crippen LogP contribution in [-0.4, -0.2) is 24.5 Å². The first-order chi connectivity index (χ1) is 9.88. The molecule has 2 aromatic rings. The van der Waals surface area contributed by atoms with Crippen LogP contribution in [0.4, 0.5) is 5.69 Å². The van der Waals surface area contributed by atoms with E-state index in [9.17, 15) is 13.2 Å². The zero-order valence-corrected chi connectivity index (χ0v) is 12.1. The summed E-state index contributed by atoms with van der Waals surface area (Å²) in [4.78, 5) is 14.7. The maximum atomic E-state index is 12.2. The Labute approximate surface area is 122 Å². The molecule has 2 rings (SSSR count). The van der Waals surface area contributed by atoms with Gasteiger partial charge in [-0.3, -0.25) is 14.5 Å². The van der Waals surface area contributed by atoms with Crippen LogP contribution in [0.2, 0.25) is 0 Å². The minimum Gasteiger partial charge on any atom is -0.481 e. The molecule has 1 aromatic carbocycles. The molecule has 0 unspecified atom stereocenters. The highest BCUT2D eigenvalue weighted by atomic mass is 32.2. The van der Waals surface area contributed by atoms with Crippen LogP contribution in [0.15, 0.2) is 47.5 Å². The predicted octanol–water partition coefficient (Wildman–Crippen LogP) is 1.82. The summed E-state index contributed by atoms with van der Waals surface area (Å²) in [6.07, 6.45) is 1.43. The van der Waals surface area contributed by atoms with Gasteiger partial charge in [-0.05, 0) is 36.8 Å². The van der Waals surface area contributed by atoms with Crippen molar-refractivity contribution < 1.29 is 18.3 Å². The van der Waals surface area contributed by atoms with Crippen LogP contribution in [-0.2, 0) is 21.2 Å². The molecule has 0 aliphatic rings. The van der Waals surface area contributed by atoms with E-state index in [1.54, 1.807) is 25.3 Å². The van der Waals surface area contributed by atoms with Gasteiger partial charge >= 0.3 is 5.97 Å². The molecule has 0 spiro atoms. The highest BCUT2D eigenvalue weighted by Gasteiger charge is 2.15. The van der Waals surface area contributed by atoms with Crippen molar-refractivity contribution in [2.75, 3.05) is 4.72 Å². The standard InChI is InChI=1S/C14H14N2O4S/c1-10-13(3-2-8-15-10)16-21(19,20)12-6-4-11(5-7-12)9-14(17)18/h2-8,16H,9H2,1H3,(H,17,18). The topological polar surface area (TPSA) is 96.4 Å². The van der Waals surface area contributed by atoms with Crippen molar-refractivity contribution in [3.05, 3.63) is 53.9 Å². The second kappa shape index (κ2) is 5.92. The van der Waals surface area contributed by atoms with Crippen molar-refractivity contribution in [3.8, 4) is 0 Å². The molecule has 6 nitrogen and oxygen atoms in total. The number of nitrogens with zero attached hydrogens (tertiary/aromatic N) is 1. The molecule has 0 radical (unpaired) electrons. The van der Waals surface area contributed by atoms with E-state index in [1.807, 2.05) is 0 Å². The van der Waals surface area contributed by atoms with E-state index < -0.39 is 16.0 Å². The lowest BCUT2D eigenvalue weighted by Crippen LogP contribution is -2.14. The third-order valence-corrected chi connectivity index (χ3v) is 4.22. The number of carbonyl (C=O) groups is 1. The smallest absolute Gasteiger partial charge is 0.307 e. The molecule has 1 aromatic heterocycles. The summed E-state index contributed by atoms with van der Waals surface area (Å²) >= 11 is 0. The third kappa shape index (κ3) is 3.79. The fourth-order valence-corrected chi connectivity index (χ4v) is 2.87. The maximum absolute atomic E-state index is 12.2. The number of anilines is 1. The molecule has 0 saturated heterocycles. The van der Waals surface area contributed by atoms with Crippen LogP contribution >= 0.6 is 0 Å². The molecule has 1 heterocycles. The van der Waals surface area contributed by atoms with E-state index in [4.69, 9.17) is 5.11 Å². The zero-order valence-electron chi connectivity index (χ0n) is 11.3.